The van der Waals surface area contributed by atoms with Crippen molar-refractivity contribution in [3.05, 3.63) is 0 Å². The second-order valence-electron chi connectivity index (χ2n) is 2.80. The summed E-state index contributed by atoms with van der Waals surface area (Å²) in [4.78, 5) is 13.0. The molecule has 1 atom stereocenters. The fourth-order valence-corrected chi connectivity index (χ4v) is 1.62. The molecule has 2 rings (SSSR count). The third kappa shape index (κ3) is 0.814. The molecule has 3 heteroatoms. The van der Waals surface area contributed by atoms with Crippen LogP contribution >= 0.6 is 0 Å². The lowest BCUT2D eigenvalue weighted by molar-refractivity contribution is -0.140. The van der Waals surface area contributed by atoms with Crippen LogP contribution in [0.15, 0.2) is 0 Å². The number of nitrogens with zero attached hydrogens (tertiary/aromatic N) is 1. The van der Waals surface area contributed by atoms with Crippen LogP contribution in [0.25, 0.3) is 0 Å². The molecule has 2 aliphatic rings. The molecule has 2 aliphatic heterocycles. The lowest BCUT2D eigenvalue weighted by Crippen LogP contribution is -2.39. The van der Waals surface area contributed by atoms with E-state index in [0.717, 1.165) is 32.4 Å². The highest BCUT2D eigenvalue weighted by Gasteiger charge is 2.32. The molecule has 0 aromatic carbocycles. The molecule has 0 aliphatic carbocycles. The van der Waals surface area contributed by atoms with E-state index < -0.39 is 0 Å². The lowest BCUT2D eigenvalue weighted by Gasteiger charge is -2.27. The first-order valence-electron chi connectivity index (χ1n) is 3.79. The van der Waals surface area contributed by atoms with E-state index in [-0.39, 0.29) is 12.1 Å². The predicted molar refractivity (Wildman–Crippen MR) is 35.3 cm³/mol. The van der Waals surface area contributed by atoms with Crippen molar-refractivity contribution in [1.29, 1.82) is 0 Å². The van der Waals surface area contributed by atoms with Gasteiger partial charge in [-0.1, -0.05) is 0 Å². The molecule has 1 amide bonds. The van der Waals surface area contributed by atoms with E-state index in [1.165, 1.54) is 0 Å². The van der Waals surface area contributed by atoms with E-state index >= 15 is 0 Å². The van der Waals surface area contributed by atoms with Crippen molar-refractivity contribution < 1.29 is 9.53 Å². The van der Waals surface area contributed by atoms with Crippen molar-refractivity contribution in [3.63, 3.8) is 0 Å². The normalized spacial score (nSPS) is 32.6. The van der Waals surface area contributed by atoms with Gasteiger partial charge in [0, 0.05) is 13.0 Å². The van der Waals surface area contributed by atoms with Gasteiger partial charge < -0.3 is 9.64 Å². The zero-order valence-corrected chi connectivity index (χ0v) is 5.88. The highest BCUT2D eigenvalue weighted by Crippen LogP contribution is 2.22. The highest BCUT2D eigenvalue weighted by atomic mass is 16.5. The van der Waals surface area contributed by atoms with Crippen molar-refractivity contribution in [2.45, 2.75) is 25.5 Å². The van der Waals surface area contributed by atoms with Crippen LogP contribution in [0.3, 0.4) is 0 Å². The van der Waals surface area contributed by atoms with Gasteiger partial charge in [0.05, 0.1) is 6.61 Å². The molecule has 0 bridgehead atoms. The van der Waals surface area contributed by atoms with Crippen LogP contribution in [0, 0.1) is 0 Å². The summed E-state index contributed by atoms with van der Waals surface area (Å²) in [5, 5.41) is 0. The van der Waals surface area contributed by atoms with Crippen molar-refractivity contribution in [2.75, 3.05) is 13.2 Å². The summed E-state index contributed by atoms with van der Waals surface area (Å²) in [5.41, 5.74) is 0. The average Bonchev–Trinajstić information content (AvgIpc) is 2.36. The van der Waals surface area contributed by atoms with Crippen molar-refractivity contribution in [2.24, 2.45) is 0 Å². The highest BCUT2D eigenvalue weighted by molar-refractivity contribution is 5.77. The quantitative estimate of drug-likeness (QED) is 0.487. The zero-order valence-electron chi connectivity index (χ0n) is 5.88. The molecule has 0 aromatic rings. The number of piperidine rings is 1. The maximum absolute atomic E-state index is 11.1. The first-order chi connectivity index (χ1) is 4.88. The number of ether oxygens (including phenoxy) is 1. The second kappa shape index (κ2) is 2.23. The lowest BCUT2D eigenvalue weighted by atomic mass is 10.1. The summed E-state index contributed by atoms with van der Waals surface area (Å²) in [6, 6.07) is 0. The van der Waals surface area contributed by atoms with Crippen LogP contribution in [0.1, 0.15) is 19.3 Å². The molecule has 2 fully saturated rings. The van der Waals surface area contributed by atoms with Gasteiger partial charge in [-0.2, -0.15) is 0 Å². The van der Waals surface area contributed by atoms with Crippen LogP contribution < -0.4 is 0 Å². The standard InChI is InChI=1S/C7H11NO2/c9-6-2-1-3-7-8(6)4-5-10-7/h7H,1-5H2. The number of hydrogen-bond donors (Lipinski definition) is 0. The Labute approximate surface area is 60.0 Å². The summed E-state index contributed by atoms with van der Waals surface area (Å²) in [5.74, 6) is 0.272. The van der Waals surface area contributed by atoms with Gasteiger partial charge in [-0.3, -0.25) is 4.79 Å². The molecule has 56 valence electrons. The molecular weight excluding hydrogens is 130 g/mol. The maximum atomic E-state index is 11.1. The number of rotatable bonds is 0. The largest absolute Gasteiger partial charge is 0.356 e. The van der Waals surface area contributed by atoms with E-state index in [1.54, 1.807) is 0 Å². The molecule has 0 radical (unpaired) electrons. The Morgan fingerprint density at radius 1 is 1.60 bits per heavy atom. The molecule has 2 saturated heterocycles. The Morgan fingerprint density at radius 3 is 3.30 bits per heavy atom. The average molecular weight is 141 g/mol. The molecule has 2 heterocycles. The first-order valence-corrected chi connectivity index (χ1v) is 3.79. The number of amides is 1. The summed E-state index contributed by atoms with van der Waals surface area (Å²) in [7, 11) is 0. The van der Waals surface area contributed by atoms with Crippen molar-refractivity contribution in [3.8, 4) is 0 Å². The van der Waals surface area contributed by atoms with E-state index in [4.69, 9.17) is 4.74 Å². The van der Waals surface area contributed by atoms with Crippen LogP contribution in [-0.4, -0.2) is 30.2 Å². The molecule has 0 saturated carbocycles. The van der Waals surface area contributed by atoms with E-state index in [0.29, 0.717) is 0 Å². The number of carbonyl (C=O) groups excluding carboxylic acids is 1. The van der Waals surface area contributed by atoms with Gasteiger partial charge in [-0.15, -0.1) is 0 Å². The predicted octanol–water partition coefficient (Wildman–Crippen LogP) is 0.355. The second-order valence-corrected chi connectivity index (χ2v) is 2.80. The topological polar surface area (TPSA) is 29.5 Å². The molecule has 10 heavy (non-hydrogen) atoms. The Balaban J connectivity index is 2.10. The third-order valence-corrected chi connectivity index (χ3v) is 2.15. The Morgan fingerprint density at radius 2 is 2.50 bits per heavy atom. The number of hydrogen-bond acceptors (Lipinski definition) is 2. The van der Waals surface area contributed by atoms with Crippen LogP contribution in [0.4, 0.5) is 0 Å². The molecule has 0 spiro atoms. The third-order valence-electron chi connectivity index (χ3n) is 2.15. The number of carbonyl (C=O) groups is 1. The molecule has 1 unspecified atom stereocenters. The van der Waals surface area contributed by atoms with Gasteiger partial charge in [-0.05, 0) is 12.8 Å². The molecule has 0 N–H and O–H groups in total. The summed E-state index contributed by atoms with van der Waals surface area (Å²) in [6.07, 6.45) is 2.88. The van der Waals surface area contributed by atoms with Crippen LogP contribution in [0.2, 0.25) is 0 Å². The van der Waals surface area contributed by atoms with E-state index in [1.807, 2.05) is 4.90 Å². The summed E-state index contributed by atoms with van der Waals surface area (Å²) < 4.78 is 5.33. The molecular formula is C7H11NO2. The monoisotopic (exact) mass is 141 g/mol. The van der Waals surface area contributed by atoms with Crippen molar-refractivity contribution in [1.82, 2.24) is 4.90 Å². The van der Waals surface area contributed by atoms with E-state index in [2.05, 4.69) is 0 Å². The summed E-state index contributed by atoms with van der Waals surface area (Å²) in [6.45, 7) is 1.54. The van der Waals surface area contributed by atoms with E-state index in [9.17, 15) is 4.79 Å². The minimum atomic E-state index is 0.126. The zero-order chi connectivity index (χ0) is 6.97. The van der Waals surface area contributed by atoms with Gasteiger partial charge in [-0.25, -0.2) is 0 Å². The van der Waals surface area contributed by atoms with Gasteiger partial charge in [0.2, 0.25) is 5.91 Å². The van der Waals surface area contributed by atoms with Gasteiger partial charge in [0.1, 0.15) is 6.23 Å². The van der Waals surface area contributed by atoms with Crippen LogP contribution in [0.5, 0.6) is 0 Å². The molecule has 3 nitrogen and oxygen atoms in total. The minimum Gasteiger partial charge on any atom is -0.356 e. The van der Waals surface area contributed by atoms with Gasteiger partial charge in [0.25, 0.3) is 0 Å². The number of fused-ring (bicyclic) bond motifs is 1. The van der Waals surface area contributed by atoms with Gasteiger partial charge in [0.15, 0.2) is 0 Å². The van der Waals surface area contributed by atoms with Crippen LogP contribution in [-0.2, 0) is 9.53 Å². The van der Waals surface area contributed by atoms with Gasteiger partial charge >= 0.3 is 0 Å². The Bertz CT molecular complexity index is 158. The fourth-order valence-electron chi connectivity index (χ4n) is 1.62. The maximum Gasteiger partial charge on any atom is 0.224 e. The Kier molecular flexibility index (Phi) is 1.38. The minimum absolute atomic E-state index is 0.126. The van der Waals surface area contributed by atoms with Crippen molar-refractivity contribution >= 4 is 5.91 Å². The smallest absolute Gasteiger partial charge is 0.224 e. The fraction of sp³-hybridized carbons (Fsp3) is 0.857. The Hall–Kier alpha value is -0.570. The first kappa shape index (κ1) is 6.16. The molecule has 0 aromatic heterocycles. The SMILES string of the molecule is O=C1CCCC2OCCN12. The summed E-state index contributed by atoms with van der Waals surface area (Å²) >= 11 is 0.